The molecule has 3 rings (SSSR count). The van der Waals surface area contributed by atoms with Crippen molar-refractivity contribution < 1.29 is 0 Å². The summed E-state index contributed by atoms with van der Waals surface area (Å²) in [5.41, 5.74) is 4.57. The van der Waals surface area contributed by atoms with Crippen molar-refractivity contribution in [3.8, 4) is 0 Å². The minimum Gasteiger partial charge on any atom is -0.363 e. The smallest absolute Gasteiger partial charge is 0.223 e. The molecular formula is C17H22N4O. The average molecular weight is 298 g/mol. The summed E-state index contributed by atoms with van der Waals surface area (Å²) < 4.78 is 0. The van der Waals surface area contributed by atoms with E-state index in [1.54, 1.807) is 6.20 Å². The normalized spacial score (nSPS) is 14.7. The molecule has 0 aliphatic heterocycles. The number of rotatable bonds is 4. The van der Waals surface area contributed by atoms with E-state index >= 15 is 0 Å². The zero-order valence-electron chi connectivity index (χ0n) is 13.4. The van der Waals surface area contributed by atoms with Gasteiger partial charge in [0.05, 0.1) is 6.54 Å². The van der Waals surface area contributed by atoms with Crippen LogP contribution in [-0.4, -0.2) is 15.0 Å². The van der Waals surface area contributed by atoms with Gasteiger partial charge in [0.25, 0.3) is 0 Å². The Morgan fingerprint density at radius 1 is 1.27 bits per heavy atom. The van der Waals surface area contributed by atoms with Crippen LogP contribution in [-0.2, 0) is 6.54 Å². The second-order valence-corrected chi connectivity index (χ2v) is 6.14. The fourth-order valence-electron chi connectivity index (χ4n) is 2.74. The molecule has 116 valence electrons. The van der Waals surface area contributed by atoms with Gasteiger partial charge >= 0.3 is 0 Å². The fraction of sp³-hybridized carbons (Fsp3) is 0.471. The van der Waals surface area contributed by atoms with Crippen molar-refractivity contribution in [2.75, 3.05) is 5.32 Å². The quantitative estimate of drug-likeness (QED) is 0.910. The summed E-state index contributed by atoms with van der Waals surface area (Å²) in [6.45, 7) is 6.18. The maximum atomic E-state index is 12.0. The third-order valence-electron chi connectivity index (χ3n) is 4.44. The molecule has 2 N–H and O–H groups in total. The van der Waals surface area contributed by atoms with Crippen LogP contribution in [0.2, 0.25) is 0 Å². The topological polar surface area (TPSA) is 70.7 Å². The highest BCUT2D eigenvalue weighted by molar-refractivity contribution is 5.32. The molecule has 0 amide bonds. The van der Waals surface area contributed by atoms with E-state index < -0.39 is 0 Å². The summed E-state index contributed by atoms with van der Waals surface area (Å²) in [5, 5.41) is 3.24. The number of pyridine rings is 1. The van der Waals surface area contributed by atoms with E-state index in [9.17, 15) is 4.79 Å². The third kappa shape index (κ3) is 2.89. The van der Waals surface area contributed by atoms with Crippen LogP contribution in [0.3, 0.4) is 0 Å². The lowest BCUT2D eigenvalue weighted by atomic mass is 9.83. The first-order valence-electron chi connectivity index (χ1n) is 7.82. The molecule has 0 unspecified atom stereocenters. The van der Waals surface area contributed by atoms with Gasteiger partial charge in [-0.2, -0.15) is 0 Å². The van der Waals surface area contributed by atoms with Crippen LogP contribution in [0.5, 0.6) is 0 Å². The van der Waals surface area contributed by atoms with Crippen molar-refractivity contribution in [1.29, 1.82) is 0 Å². The number of hydrogen-bond donors (Lipinski definition) is 2. The lowest BCUT2D eigenvalue weighted by Crippen LogP contribution is -2.17. The summed E-state index contributed by atoms with van der Waals surface area (Å²) in [6.07, 6.45) is 5.49. The first kappa shape index (κ1) is 14.8. The highest BCUT2D eigenvalue weighted by atomic mass is 16.1. The van der Waals surface area contributed by atoms with Gasteiger partial charge in [0, 0.05) is 40.3 Å². The van der Waals surface area contributed by atoms with Gasteiger partial charge in [0.2, 0.25) is 5.95 Å². The van der Waals surface area contributed by atoms with E-state index in [0.717, 1.165) is 28.2 Å². The number of nitrogens with one attached hydrogen (secondary N) is 2. The summed E-state index contributed by atoms with van der Waals surface area (Å²) >= 11 is 0. The van der Waals surface area contributed by atoms with Crippen LogP contribution >= 0.6 is 0 Å². The van der Waals surface area contributed by atoms with Crippen LogP contribution in [0.15, 0.2) is 17.1 Å². The summed E-state index contributed by atoms with van der Waals surface area (Å²) in [7, 11) is 0. The maximum Gasteiger partial charge on any atom is 0.223 e. The highest BCUT2D eigenvalue weighted by Gasteiger charge is 2.21. The van der Waals surface area contributed by atoms with Crippen molar-refractivity contribution in [3.05, 3.63) is 50.7 Å². The molecule has 2 aromatic heterocycles. The summed E-state index contributed by atoms with van der Waals surface area (Å²) in [4.78, 5) is 24.2. The van der Waals surface area contributed by atoms with E-state index in [0.29, 0.717) is 18.4 Å². The van der Waals surface area contributed by atoms with Gasteiger partial charge in [-0.1, -0.05) is 6.42 Å². The SMILES string of the molecule is Cc1cc(C2CCC2)nc(NCc2[nH]cc(C)c(=O)c2C)n1. The van der Waals surface area contributed by atoms with Gasteiger partial charge in [-0.05, 0) is 39.7 Å². The van der Waals surface area contributed by atoms with Gasteiger partial charge < -0.3 is 10.3 Å². The number of aromatic amines is 1. The molecule has 2 aromatic rings. The molecule has 5 heteroatoms. The Morgan fingerprint density at radius 3 is 2.73 bits per heavy atom. The van der Waals surface area contributed by atoms with Gasteiger partial charge in [0.15, 0.2) is 5.43 Å². The van der Waals surface area contributed by atoms with E-state index in [2.05, 4.69) is 26.3 Å². The lowest BCUT2D eigenvalue weighted by molar-refractivity contribution is 0.410. The summed E-state index contributed by atoms with van der Waals surface area (Å²) in [5.74, 6) is 1.23. The van der Waals surface area contributed by atoms with Gasteiger partial charge in [0.1, 0.15) is 0 Å². The Balaban J connectivity index is 1.78. The van der Waals surface area contributed by atoms with Crippen molar-refractivity contribution in [2.24, 2.45) is 0 Å². The molecule has 1 fully saturated rings. The van der Waals surface area contributed by atoms with Crippen molar-refractivity contribution in [1.82, 2.24) is 15.0 Å². The second-order valence-electron chi connectivity index (χ2n) is 6.14. The van der Waals surface area contributed by atoms with Gasteiger partial charge in [-0.3, -0.25) is 4.79 Å². The number of nitrogens with zero attached hydrogens (tertiary/aromatic N) is 2. The Labute approximate surface area is 130 Å². The number of hydrogen-bond acceptors (Lipinski definition) is 4. The number of aryl methyl sites for hydroxylation is 2. The summed E-state index contributed by atoms with van der Waals surface area (Å²) in [6, 6.07) is 2.08. The molecule has 1 aliphatic carbocycles. The molecule has 22 heavy (non-hydrogen) atoms. The van der Waals surface area contributed by atoms with Gasteiger partial charge in [-0.25, -0.2) is 9.97 Å². The Bertz CT molecular complexity index is 747. The molecule has 1 saturated carbocycles. The minimum atomic E-state index is 0.0934. The minimum absolute atomic E-state index is 0.0934. The largest absolute Gasteiger partial charge is 0.363 e. The molecule has 0 bridgehead atoms. The monoisotopic (exact) mass is 298 g/mol. The van der Waals surface area contributed by atoms with E-state index in [1.807, 2.05) is 20.8 Å². The average Bonchev–Trinajstić information content (AvgIpc) is 2.42. The molecule has 2 heterocycles. The molecule has 0 aromatic carbocycles. The maximum absolute atomic E-state index is 12.0. The van der Waals surface area contributed by atoms with Crippen LogP contribution in [0.1, 0.15) is 53.4 Å². The molecule has 0 saturated heterocycles. The number of anilines is 1. The molecule has 0 radical (unpaired) electrons. The molecule has 5 nitrogen and oxygen atoms in total. The van der Waals surface area contributed by atoms with Gasteiger partial charge in [-0.15, -0.1) is 0 Å². The first-order chi connectivity index (χ1) is 10.5. The Kier molecular flexibility index (Phi) is 3.96. The van der Waals surface area contributed by atoms with Crippen LogP contribution < -0.4 is 10.7 Å². The molecular weight excluding hydrogens is 276 g/mol. The zero-order chi connectivity index (χ0) is 15.7. The first-order valence-corrected chi connectivity index (χ1v) is 7.82. The van der Waals surface area contributed by atoms with Crippen molar-refractivity contribution >= 4 is 5.95 Å². The van der Waals surface area contributed by atoms with Crippen LogP contribution in [0.25, 0.3) is 0 Å². The predicted molar refractivity (Wildman–Crippen MR) is 87.2 cm³/mol. The van der Waals surface area contributed by atoms with Crippen molar-refractivity contribution in [2.45, 2.75) is 52.5 Å². The van der Waals surface area contributed by atoms with E-state index in [1.165, 1.54) is 19.3 Å². The standard InChI is InChI=1S/C17H22N4O/c1-10-8-18-15(12(3)16(10)22)9-19-17-20-11(2)7-14(21-17)13-5-4-6-13/h7-8,13H,4-6,9H2,1-3H3,(H,18,22)(H,19,20,21). The van der Waals surface area contributed by atoms with Crippen LogP contribution in [0.4, 0.5) is 5.95 Å². The Hall–Kier alpha value is -2.17. The number of H-pyrrole nitrogens is 1. The zero-order valence-corrected chi connectivity index (χ0v) is 13.4. The molecule has 0 atom stereocenters. The highest BCUT2D eigenvalue weighted by Crippen LogP contribution is 2.35. The predicted octanol–water partition coefficient (Wildman–Crippen LogP) is 2.97. The number of aromatic nitrogens is 3. The third-order valence-corrected chi connectivity index (χ3v) is 4.44. The molecule has 1 aliphatic rings. The Morgan fingerprint density at radius 2 is 2.05 bits per heavy atom. The van der Waals surface area contributed by atoms with E-state index in [-0.39, 0.29) is 5.43 Å². The molecule has 0 spiro atoms. The van der Waals surface area contributed by atoms with Crippen LogP contribution in [0, 0.1) is 20.8 Å². The lowest BCUT2D eigenvalue weighted by Gasteiger charge is -2.25. The second kappa shape index (κ2) is 5.91. The fourth-order valence-corrected chi connectivity index (χ4v) is 2.74. The van der Waals surface area contributed by atoms with E-state index in [4.69, 9.17) is 0 Å². The van der Waals surface area contributed by atoms with Crippen molar-refractivity contribution in [3.63, 3.8) is 0 Å².